The highest BCUT2D eigenvalue weighted by Crippen LogP contribution is 2.30. The van der Waals surface area contributed by atoms with Gasteiger partial charge >= 0.3 is 6.03 Å². The molecule has 3 rings (SSSR count). The van der Waals surface area contributed by atoms with E-state index in [-0.39, 0.29) is 41.9 Å². The zero-order valence-corrected chi connectivity index (χ0v) is 16.9. The van der Waals surface area contributed by atoms with E-state index in [1.807, 2.05) is 13.8 Å². The number of carbonyl (C=O) groups is 3. The maximum atomic E-state index is 13.1. The summed E-state index contributed by atoms with van der Waals surface area (Å²) in [5.74, 6) is -0.623. The lowest BCUT2D eigenvalue weighted by Crippen LogP contribution is -2.52. The van der Waals surface area contributed by atoms with Crippen LogP contribution in [0.5, 0.6) is 0 Å². The van der Waals surface area contributed by atoms with Crippen LogP contribution >= 0.6 is 0 Å². The van der Waals surface area contributed by atoms with Crippen LogP contribution in [0.1, 0.15) is 58.8 Å². The SMILES string of the molecule is CCC1(CC)NC(=O)N(CC(=O)N(C2CCCC2)C2CCS(=O)(=O)C2)C1=O. The Kier molecular flexibility index (Phi) is 5.52. The summed E-state index contributed by atoms with van der Waals surface area (Å²) in [6, 6.07) is -0.894. The average molecular weight is 400 g/mol. The second kappa shape index (κ2) is 7.41. The topological polar surface area (TPSA) is 104 Å². The second-order valence-electron chi connectivity index (χ2n) is 7.91. The molecule has 2 aliphatic heterocycles. The fourth-order valence-electron chi connectivity index (χ4n) is 4.65. The summed E-state index contributed by atoms with van der Waals surface area (Å²) in [6.07, 6.45) is 5.06. The molecule has 9 heteroatoms. The molecule has 0 aromatic rings. The summed E-state index contributed by atoms with van der Waals surface area (Å²) < 4.78 is 23.9. The molecule has 152 valence electrons. The van der Waals surface area contributed by atoms with Gasteiger partial charge in [0.2, 0.25) is 5.91 Å². The Morgan fingerprint density at radius 1 is 1.15 bits per heavy atom. The van der Waals surface area contributed by atoms with E-state index >= 15 is 0 Å². The van der Waals surface area contributed by atoms with E-state index in [2.05, 4.69) is 5.32 Å². The van der Waals surface area contributed by atoms with Gasteiger partial charge in [0, 0.05) is 12.1 Å². The number of amides is 4. The van der Waals surface area contributed by atoms with Gasteiger partial charge in [-0.3, -0.25) is 14.5 Å². The number of carbonyl (C=O) groups excluding carboxylic acids is 3. The Balaban J connectivity index is 1.79. The third kappa shape index (κ3) is 3.70. The molecule has 0 radical (unpaired) electrons. The number of rotatable bonds is 6. The predicted molar refractivity (Wildman–Crippen MR) is 99.7 cm³/mol. The van der Waals surface area contributed by atoms with Crippen molar-refractivity contribution < 1.29 is 22.8 Å². The van der Waals surface area contributed by atoms with E-state index in [0.717, 1.165) is 30.6 Å². The van der Waals surface area contributed by atoms with Gasteiger partial charge in [-0.1, -0.05) is 26.7 Å². The summed E-state index contributed by atoms with van der Waals surface area (Å²) in [5, 5.41) is 2.73. The van der Waals surface area contributed by atoms with Crippen molar-refractivity contribution in [3.05, 3.63) is 0 Å². The lowest BCUT2D eigenvalue weighted by Gasteiger charge is -2.35. The lowest BCUT2D eigenvalue weighted by molar-refractivity contribution is -0.141. The van der Waals surface area contributed by atoms with Crippen LogP contribution in [0, 0.1) is 0 Å². The van der Waals surface area contributed by atoms with Crippen LogP contribution in [0.2, 0.25) is 0 Å². The normalized spacial score (nSPS) is 27.2. The van der Waals surface area contributed by atoms with Crippen molar-refractivity contribution in [2.24, 2.45) is 0 Å². The first-order chi connectivity index (χ1) is 12.7. The van der Waals surface area contributed by atoms with Crippen molar-refractivity contribution in [2.75, 3.05) is 18.1 Å². The molecule has 3 fully saturated rings. The number of nitrogens with zero attached hydrogens (tertiary/aromatic N) is 2. The molecule has 0 spiro atoms. The van der Waals surface area contributed by atoms with Crippen molar-refractivity contribution in [3.8, 4) is 0 Å². The molecule has 0 aromatic heterocycles. The first kappa shape index (κ1) is 20.1. The molecule has 3 aliphatic rings. The molecular weight excluding hydrogens is 370 g/mol. The number of urea groups is 1. The second-order valence-corrected chi connectivity index (χ2v) is 10.1. The zero-order chi connectivity index (χ0) is 19.8. The largest absolute Gasteiger partial charge is 0.334 e. The van der Waals surface area contributed by atoms with Gasteiger partial charge in [0.1, 0.15) is 12.1 Å². The highest BCUT2D eigenvalue weighted by molar-refractivity contribution is 7.91. The van der Waals surface area contributed by atoms with E-state index in [0.29, 0.717) is 19.3 Å². The van der Waals surface area contributed by atoms with Gasteiger partial charge in [-0.15, -0.1) is 0 Å². The van der Waals surface area contributed by atoms with Crippen molar-refractivity contribution in [2.45, 2.75) is 76.4 Å². The minimum Gasteiger partial charge on any atom is -0.334 e. The van der Waals surface area contributed by atoms with Crippen LogP contribution < -0.4 is 5.32 Å². The van der Waals surface area contributed by atoms with Gasteiger partial charge in [0.05, 0.1) is 11.5 Å². The molecule has 1 N–H and O–H groups in total. The molecule has 0 bridgehead atoms. The van der Waals surface area contributed by atoms with Crippen LogP contribution in [-0.2, 0) is 19.4 Å². The van der Waals surface area contributed by atoms with Crippen molar-refractivity contribution in [1.29, 1.82) is 0 Å². The van der Waals surface area contributed by atoms with E-state index in [9.17, 15) is 22.8 Å². The molecule has 2 heterocycles. The van der Waals surface area contributed by atoms with Gasteiger partial charge in [0.15, 0.2) is 9.84 Å². The maximum Gasteiger partial charge on any atom is 0.325 e. The van der Waals surface area contributed by atoms with E-state index in [4.69, 9.17) is 0 Å². The van der Waals surface area contributed by atoms with E-state index < -0.39 is 21.4 Å². The molecule has 2 saturated heterocycles. The Hall–Kier alpha value is -1.64. The monoisotopic (exact) mass is 399 g/mol. The first-order valence-corrected chi connectivity index (χ1v) is 11.7. The fourth-order valence-corrected chi connectivity index (χ4v) is 6.36. The number of imide groups is 1. The molecule has 4 amide bonds. The highest BCUT2D eigenvalue weighted by Gasteiger charge is 2.50. The van der Waals surface area contributed by atoms with Gasteiger partial charge in [-0.2, -0.15) is 0 Å². The van der Waals surface area contributed by atoms with E-state index in [1.165, 1.54) is 0 Å². The molecule has 1 saturated carbocycles. The first-order valence-electron chi connectivity index (χ1n) is 9.88. The molecule has 8 nitrogen and oxygen atoms in total. The Bertz CT molecular complexity index is 725. The molecule has 1 atom stereocenters. The quantitative estimate of drug-likeness (QED) is 0.673. The maximum absolute atomic E-state index is 13.1. The van der Waals surface area contributed by atoms with Gasteiger partial charge < -0.3 is 10.2 Å². The van der Waals surface area contributed by atoms with Crippen LogP contribution in [0.15, 0.2) is 0 Å². The average Bonchev–Trinajstić information content (AvgIpc) is 3.31. The van der Waals surface area contributed by atoms with Crippen molar-refractivity contribution in [1.82, 2.24) is 15.1 Å². The number of sulfone groups is 1. The molecule has 27 heavy (non-hydrogen) atoms. The summed E-state index contributed by atoms with van der Waals surface area (Å²) in [5.41, 5.74) is -0.938. The van der Waals surface area contributed by atoms with Crippen molar-refractivity contribution >= 4 is 27.7 Å². The van der Waals surface area contributed by atoms with E-state index in [1.54, 1.807) is 4.90 Å². The van der Waals surface area contributed by atoms with Crippen molar-refractivity contribution in [3.63, 3.8) is 0 Å². The summed E-state index contributed by atoms with van der Waals surface area (Å²) >= 11 is 0. The Morgan fingerprint density at radius 2 is 1.78 bits per heavy atom. The number of hydrogen-bond donors (Lipinski definition) is 1. The van der Waals surface area contributed by atoms with Crippen LogP contribution in [0.4, 0.5) is 4.79 Å². The van der Waals surface area contributed by atoms with Crippen LogP contribution in [0.3, 0.4) is 0 Å². The Morgan fingerprint density at radius 3 is 2.26 bits per heavy atom. The van der Waals surface area contributed by atoms with Crippen LogP contribution in [-0.4, -0.2) is 71.7 Å². The summed E-state index contributed by atoms with van der Waals surface area (Å²) in [4.78, 5) is 40.9. The molecule has 1 aliphatic carbocycles. The summed E-state index contributed by atoms with van der Waals surface area (Å²) in [6.45, 7) is 3.35. The third-order valence-corrected chi connectivity index (χ3v) is 8.10. The fraction of sp³-hybridized carbons (Fsp3) is 0.833. The zero-order valence-electron chi connectivity index (χ0n) is 16.1. The standard InChI is InChI=1S/C18H29N3O5S/c1-3-18(4-2)16(23)20(17(24)19-18)11-15(22)21(13-7-5-6-8-13)14-9-10-27(25,26)12-14/h13-14H,3-12H2,1-2H3,(H,19,24). The smallest absolute Gasteiger partial charge is 0.325 e. The molecule has 1 unspecified atom stereocenters. The summed E-state index contributed by atoms with van der Waals surface area (Å²) in [7, 11) is -3.13. The van der Waals surface area contributed by atoms with Gasteiger partial charge in [0.25, 0.3) is 5.91 Å². The minimum atomic E-state index is -3.13. The minimum absolute atomic E-state index is 0.00123. The molecular formula is C18H29N3O5S. The number of hydrogen-bond acceptors (Lipinski definition) is 5. The van der Waals surface area contributed by atoms with Crippen LogP contribution in [0.25, 0.3) is 0 Å². The highest BCUT2D eigenvalue weighted by atomic mass is 32.2. The van der Waals surface area contributed by atoms with Gasteiger partial charge in [-0.25, -0.2) is 13.2 Å². The van der Waals surface area contributed by atoms with Gasteiger partial charge in [-0.05, 0) is 32.1 Å². The predicted octanol–water partition coefficient (Wildman–Crippen LogP) is 1.06. The molecule has 0 aromatic carbocycles. The number of nitrogens with one attached hydrogen (secondary N) is 1. The lowest BCUT2D eigenvalue weighted by atomic mass is 9.93. The Labute approximate surface area is 160 Å². The third-order valence-electron chi connectivity index (χ3n) is 6.35.